The van der Waals surface area contributed by atoms with Gasteiger partial charge < -0.3 is 14.7 Å². The average Bonchev–Trinajstić information content (AvgIpc) is 2.76. The topological polar surface area (TPSA) is 102 Å². The van der Waals surface area contributed by atoms with E-state index in [1.54, 1.807) is 26.0 Å². The Bertz CT molecular complexity index is 1460. The molecule has 0 spiro atoms. The van der Waals surface area contributed by atoms with Crippen LogP contribution in [0, 0.1) is 36.8 Å². The molecule has 0 bridgehead atoms. The van der Waals surface area contributed by atoms with E-state index in [1.165, 1.54) is 30.3 Å². The van der Waals surface area contributed by atoms with Gasteiger partial charge in [-0.2, -0.15) is 13.7 Å². The predicted octanol–water partition coefficient (Wildman–Crippen LogP) is 4.57. The number of ether oxygens (including phenoxy) is 1. The Morgan fingerprint density at radius 3 is 2.48 bits per heavy atom. The van der Waals surface area contributed by atoms with Crippen LogP contribution < -0.4 is 14.7 Å². The van der Waals surface area contributed by atoms with Crippen molar-refractivity contribution in [1.82, 2.24) is 0 Å². The first-order valence-electron chi connectivity index (χ1n) is 9.79. The van der Waals surface area contributed by atoms with Gasteiger partial charge in [-0.1, -0.05) is 24.3 Å². The van der Waals surface area contributed by atoms with E-state index in [0.29, 0.717) is 11.1 Å². The quantitative estimate of drug-likeness (QED) is 0.563. The highest BCUT2D eigenvalue weighted by Crippen LogP contribution is 2.44. The molecule has 0 fully saturated rings. The summed E-state index contributed by atoms with van der Waals surface area (Å²) in [6.45, 7) is 3.43. The maximum absolute atomic E-state index is 13.9. The second kappa shape index (κ2) is 8.22. The van der Waals surface area contributed by atoms with Crippen molar-refractivity contribution in [2.24, 2.45) is 5.73 Å². The highest BCUT2D eigenvalue weighted by atomic mass is 32.2. The summed E-state index contributed by atoms with van der Waals surface area (Å²) in [5.41, 5.74) is 7.92. The predicted molar refractivity (Wildman–Crippen MR) is 116 cm³/mol. The molecule has 168 valence electrons. The van der Waals surface area contributed by atoms with E-state index in [4.69, 9.17) is 14.7 Å². The van der Waals surface area contributed by atoms with Gasteiger partial charge in [0.15, 0.2) is 11.6 Å². The number of benzene rings is 3. The number of aryl methyl sites for hydroxylation is 2. The van der Waals surface area contributed by atoms with Gasteiger partial charge in [-0.3, -0.25) is 0 Å². The monoisotopic (exact) mass is 468 g/mol. The zero-order valence-corrected chi connectivity index (χ0v) is 18.4. The molecule has 3 aromatic rings. The summed E-state index contributed by atoms with van der Waals surface area (Å²) in [4.78, 5) is 0.0342. The zero-order valence-electron chi connectivity index (χ0n) is 17.6. The van der Waals surface area contributed by atoms with Gasteiger partial charge in [-0.15, -0.1) is 0 Å². The Morgan fingerprint density at radius 1 is 1.03 bits per heavy atom. The number of fused-ring (bicyclic) bond motifs is 1. The fourth-order valence-corrected chi connectivity index (χ4v) is 4.91. The maximum Gasteiger partial charge on any atom is 0.339 e. The minimum absolute atomic E-state index is 0.0187. The van der Waals surface area contributed by atoms with Crippen LogP contribution in [-0.4, -0.2) is 8.42 Å². The number of nitrogens with two attached hydrogens (primary N) is 1. The average molecular weight is 468 g/mol. The highest BCUT2D eigenvalue weighted by molar-refractivity contribution is 7.87. The molecule has 1 aliphatic rings. The smallest absolute Gasteiger partial charge is 0.339 e. The van der Waals surface area contributed by atoms with E-state index in [1.807, 2.05) is 6.07 Å². The molecular weight excluding hydrogens is 450 g/mol. The lowest BCUT2D eigenvalue weighted by Crippen LogP contribution is -2.21. The normalized spacial score (nSPS) is 15.4. The van der Waals surface area contributed by atoms with E-state index in [2.05, 4.69) is 0 Å². The lowest BCUT2D eigenvalue weighted by Gasteiger charge is -2.26. The van der Waals surface area contributed by atoms with Gasteiger partial charge >= 0.3 is 10.1 Å². The summed E-state index contributed by atoms with van der Waals surface area (Å²) >= 11 is 0. The van der Waals surface area contributed by atoms with Crippen molar-refractivity contribution in [3.63, 3.8) is 0 Å². The van der Waals surface area contributed by atoms with E-state index >= 15 is 0 Å². The van der Waals surface area contributed by atoms with E-state index in [9.17, 15) is 22.5 Å². The first kappa shape index (κ1) is 22.3. The van der Waals surface area contributed by atoms with Crippen LogP contribution in [0.4, 0.5) is 8.78 Å². The number of halogens is 2. The van der Waals surface area contributed by atoms with E-state index in [0.717, 1.165) is 17.7 Å². The Kier molecular flexibility index (Phi) is 5.56. The van der Waals surface area contributed by atoms with Crippen LogP contribution in [0.1, 0.15) is 28.2 Å². The molecule has 0 saturated heterocycles. The first-order chi connectivity index (χ1) is 15.6. The number of hydrogen-bond acceptors (Lipinski definition) is 6. The van der Waals surface area contributed by atoms with Gasteiger partial charge in [0, 0.05) is 11.6 Å². The second-order valence-electron chi connectivity index (χ2n) is 7.60. The van der Waals surface area contributed by atoms with Crippen LogP contribution in [0.15, 0.2) is 70.9 Å². The van der Waals surface area contributed by atoms with Gasteiger partial charge in [0.1, 0.15) is 28.0 Å². The molecule has 1 aliphatic heterocycles. The van der Waals surface area contributed by atoms with Crippen molar-refractivity contribution < 1.29 is 26.1 Å². The molecule has 4 rings (SSSR count). The van der Waals surface area contributed by atoms with Gasteiger partial charge in [-0.25, -0.2) is 8.78 Å². The number of rotatable bonds is 4. The molecule has 0 aliphatic carbocycles. The number of nitrogens with zero attached hydrogens (tertiary/aromatic N) is 1. The number of allylic oxidation sites excluding steroid dienone is 1. The molecule has 0 aromatic heterocycles. The third-order valence-electron chi connectivity index (χ3n) is 5.29. The van der Waals surface area contributed by atoms with E-state index < -0.39 is 27.7 Å². The molecule has 9 heteroatoms. The standard InChI is InChI=1S/C24H18F2N2O4S/c1-13-3-4-14(2)22(9-13)33(29,30)32-16-6-7-17-21(11-16)31-24(28)18(12-27)23(17)15-5-8-19(25)20(26)10-15/h3-11,23H,28H2,1-2H3. The Labute approximate surface area is 189 Å². The van der Waals surface area contributed by atoms with Crippen molar-refractivity contribution in [3.05, 3.63) is 99.9 Å². The molecule has 33 heavy (non-hydrogen) atoms. The fourth-order valence-electron chi connectivity index (χ4n) is 3.67. The molecule has 2 N–H and O–H groups in total. The molecule has 0 amide bonds. The Balaban J connectivity index is 1.76. The summed E-state index contributed by atoms with van der Waals surface area (Å²) < 4.78 is 63.9. The summed E-state index contributed by atoms with van der Waals surface area (Å²) in [5.74, 6) is -3.06. The van der Waals surface area contributed by atoms with Gasteiger partial charge in [-0.05, 0) is 54.8 Å². The second-order valence-corrected chi connectivity index (χ2v) is 9.12. The summed E-state index contributed by atoms with van der Waals surface area (Å²) in [6.07, 6.45) is 0. The van der Waals surface area contributed by atoms with Crippen LogP contribution in [-0.2, 0) is 10.1 Å². The Hall–Kier alpha value is -3.90. The van der Waals surface area contributed by atoms with Crippen LogP contribution in [0.25, 0.3) is 0 Å². The molecule has 1 unspecified atom stereocenters. The molecule has 3 aromatic carbocycles. The lowest BCUT2D eigenvalue weighted by molar-refractivity contribution is 0.391. The SMILES string of the molecule is Cc1ccc(C)c(S(=O)(=O)Oc2ccc3c(c2)OC(N)=C(C#N)C3c2ccc(F)c(F)c2)c1. The van der Waals surface area contributed by atoms with Crippen molar-refractivity contribution in [3.8, 4) is 17.6 Å². The molecular formula is C24H18F2N2O4S. The van der Waals surface area contributed by atoms with E-state index in [-0.39, 0.29) is 33.4 Å². The minimum atomic E-state index is -4.14. The van der Waals surface area contributed by atoms with Crippen LogP contribution >= 0.6 is 0 Å². The van der Waals surface area contributed by atoms with Crippen LogP contribution in [0.5, 0.6) is 11.5 Å². The summed E-state index contributed by atoms with van der Waals surface area (Å²) in [6, 6.07) is 14.4. The molecule has 1 heterocycles. The summed E-state index contributed by atoms with van der Waals surface area (Å²) in [7, 11) is -4.14. The van der Waals surface area contributed by atoms with Crippen LogP contribution in [0.3, 0.4) is 0 Å². The third-order valence-corrected chi connectivity index (χ3v) is 6.68. The minimum Gasteiger partial charge on any atom is -0.440 e. The lowest BCUT2D eigenvalue weighted by atomic mass is 9.83. The molecule has 6 nitrogen and oxygen atoms in total. The van der Waals surface area contributed by atoms with Crippen molar-refractivity contribution >= 4 is 10.1 Å². The zero-order chi connectivity index (χ0) is 23.9. The van der Waals surface area contributed by atoms with Crippen molar-refractivity contribution in [2.75, 3.05) is 0 Å². The van der Waals surface area contributed by atoms with Crippen molar-refractivity contribution in [1.29, 1.82) is 5.26 Å². The summed E-state index contributed by atoms with van der Waals surface area (Å²) in [5, 5.41) is 9.58. The Morgan fingerprint density at radius 2 is 1.79 bits per heavy atom. The first-order valence-corrected chi connectivity index (χ1v) is 11.2. The fraction of sp³-hybridized carbons (Fsp3) is 0.125. The van der Waals surface area contributed by atoms with Gasteiger partial charge in [0.2, 0.25) is 5.88 Å². The van der Waals surface area contributed by atoms with Gasteiger partial charge in [0.25, 0.3) is 0 Å². The van der Waals surface area contributed by atoms with Crippen molar-refractivity contribution in [2.45, 2.75) is 24.7 Å². The number of nitriles is 1. The molecule has 0 radical (unpaired) electrons. The maximum atomic E-state index is 13.9. The third kappa shape index (κ3) is 4.13. The highest BCUT2D eigenvalue weighted by Gasteiger charge is 2.32. The van der Waals surface area contributed by atoms with Crippen LogP contribution in [0.2, 0.25) is 0 Å². The molecule has 1 atom stereocenters. The molecule has 0 saturated carbocycles. The largest absolute Gasteiger partial charge is 0.440 e. The number of hydrogen-bond donors (Lipinski definition) is 1. The van der Waals surface area contributed by atoms with Gasteiger partial charge in [0.05, 0.1) is 5.92 Å².